The van der Waals surface area contributed by atoms with E-state index in [-0.39, 0.29) is 23.8 Å². The van der Waals surface area contributed by atoms with Gasteiger partial charge in [-0.25, -0.2) is 19.2 Å². The summed E-state index contributed by atoms with van der Waals surface area (Å²) in [7, 11) is 2.05. The van der Waals surface area contributed by atoms with E-state index >= 15 is 0 Å². The number of oxime groups is 1. The van der Waals surface area contributed by atoms with Gasteiger partial charge in [-0.15, -0.1) is 4.99 Å². The summed E-state index contributed by atoms with van der Waals surface area (Å²) >= 11 is 0. The predicted molar refractivity (Wildman–Crippen MR) is 126 cm³/mol. The second kappa shape index (κ2) is 11.1. The topological polar surface area (TPSA) is 154 Å². The van der Waals surface area contributed by atoms with Crippen molar-refractivity contribution in [1.29, 1.82) is 0 Å². The first-order chi connectivity index (χ1) is 16.9. The predicted octanol–water partition coefficient (Wildman–Crippen LogP) is 0.716. The highest BCUT2D eigenvalue weighted by Crippen LogP contribution is 2.26. The number of amides is 1. The normalized spacial score (nSPS) is 17.9. The first-order valence-corrected chi connectivity index (χ1v) is 11.0. The number of aromatic nitrogens is 2. The Labute approximate surface area is 201 Å². The molecule has 35 heavy (non-hydrogen) atoms. The molecule has 0 aliphatic carbocycles. The molecule has 1 unspecified atom stereocenters. The Morgan fingerprint density at radius 3 is 2.77 bits per heavy atom. The average molecular weight is 487 g/mol. The van der Waals surface area contributed by atoms with Gasteiger partial charge >= 0.3 is 6.09 Å². The first kappa shape index (κ1) is 24.3. The number of benzene rings is 1. The molecule has 1 amide bonds. The lowest BCUT2D eigenvalue weighted by atomic mass is 10.1. The third-order valence-corrected chi connectivity index (χ3v) is 5.42. The standard InChI is InChI=1S/C22H27FN8O4/c1-30-5-6-33-17(11-30)13-35-29-16-9-31(10-16)21-26-7-15(8-27-21)18-4-2-3-14(19(18)23)12-34-22(32)28-20(24)25/h2-4,7-8,17H,5-6,9-13H2,1H3,(H4,24,25,28,32). The Morgan fingerprint density at radius 1 is 1.29 bits per heavy atom. The Kier molecular flexibility index (Phi) is 7.67. The lowest BCUT2D eigenvalue weighted by Crippen LogP contribution is -2.48. The molecule has 13 heteroatoms. The number of guanidine groups is 1. The summed E-state index contributed by atoms with van der Waals surface area (Å²) in [5.41, 5.74) is 12.1. The number of ether oxygens (including phenoxy) is 2. The van der Waals surface area contributed by atoms with Gasteiger partial charge in [-0.2, -0.15) is 0 Å². The summed E-state index contributed by atoms with van der Waals surface area (Å²) in [5.74, 6) is -0.477. The van der Waals surface area contributed by atoms with Gasteiger partial charge < -0.3 is 35.6 Å². The summed E-state index contributed by atoms with van der Waals surface area (Å²) in [4.78, 5) is 32.9. The molecule has 2 aromatic rings. The zero-order valence-electron chi connectivity index (χ0n) is 19.3. The molecule has 0 radical (unpaired) electrons. The zero-order chi connectivity index (χ0) is 24.8. The fourth-order valence-electron chi connectivity index (χ4n) is 3.59. The monoisotopic (exact) mass is 486 g/mol. The number of nitrogens with zero attached hydrogens (tertiary/aromatic N) is 6. The van der Waals surface area contributed by atoms with E-state index in [0.29, 0.717) is 37.8 Å². The summed E-state index contributed by atoms with van der Waals surface area (Å²) in [6.45, 7) is 3.64. The number of halogens is 1. The highest BCUT2D eigenvalue weighted by atomic mass is 19.1. The lowest BCUT2D eigenvalue weighted by Gasteiger charge is -2.32. The number of carbonyl (C=O) groups excluding carboxylic acids is 1. The van der Waals surface area contributed by atoms with Crippen LogP contribution in [0.2, 0.25) is 0 Å². The molecule has 0 saturated carbocycles. The van der Waals surface area contributed by atoms with Crippen molar-refractivity contribution in [1.82, 2.24) is 14.9 Å². The number of rotatable bonds is 7. The second-order valence-corrected chi connectivity index (χ2v) is 8.21. The van der Waals surface area contributed by atoms with E-state index in [2.05, 4.69) is 32.1 Å². The molecule has 3 heterocycles. The highest BCUT2D eigenvalue weighted by Gasteiger charge is 2.26. The summed E-state index contributed by atoms with van der Waals surface area (Å²) in [6.07, 6.45) is 2.10. The molecule has 0 bridgehead atoms. The molecule has 4 N–H and O–H groups in total. The SMILES string of the molecule is CN1CCOC(CON=C2CN(c3ncc(-c4cccc(COC(=O)N=C(N)N)c4F)cn3)C2)C1. The minimum absolute atomic E-state index is 0.0225. The summed E-state index contributed by atoms with van der Waals surface area (Å²) in [6, 6.07) is 4.73. The molecule has 4 rings (SSSR count). The van der Waals surface area contributed by atoms with Crippen molar-refractivity contribution in [2.45, 2.75) is 12.7 Å². The minimum Gasteiger partial charge on any atom is -0.443 e. The van der Waals surface area contributed by atoms with Gasteiger partial charge in [-0.1, -0.05) is 23.4 Å². The maximum absolute atomic E-state index is 14.9. The van der Waals surface area contributed by atoms with Crippen molar-refractivity contribution in [3.63, 3.8) is 0 Å². The van der Waals surface area contributed by atoms with Crippen LogP contribution in [-0.4, -0.2) is 85.2 Å². The Morgan fingerprint density at radius 2 is 2.06 bits per heavy atom. The average Bonchev–Trinajstić information content (AvgIpc) is 2.80. The van der Waals surface area contributed by atoms with Crippen LogP contribution in [0, 0.1) is 5.82 Å². The number of anilines is 1. The number of nitrogens with two attached hydrogens (primary N) is 2. The number of hydrogen-bond acceptors (Lipinski definition) is 9. The number of morpholine rings is 1. The van der Waals surface area contributed by atoms with Gasteiger partial charge in [0.1, 0.15) is 25.1 Å². The number of aliphatic imine (C=N–C) groups is 1. The molecule has 1 aromatic heterocycles. The number of hydrogen-bond donors (Lipinski definition) is 2. The molecule has 186 valence electrons. The molecule has 1 aromatic carbocycles. The molecule has 1 atom stereocenters. The quantitative estimate of drug-likeness (QED) is 0.325. The molecule has 2 aliphatic heterocycles. The van der Waals surface area contributed by atoms with Gasteiger partial charge in [-0.3, -0.25) is 0 Å². The van der Waals surface area contributed by atoms with Crippen LogP contribution >= 0.6 is 0 Å². The maximum Gasteiger partial charge on any atom is 0.437 e. The molecular formula is C22H27FN8O4. The Bertz CT molecular complexity index is 1100. The second-order valence-electron chi connectivity index (χ2n) is 8.21. The highest BCUT2D eigenvalue weighted by molar-refractivity contribution is 5.98. The van der Waals surface area contributed by atoms with Crippen LogP contribution in [0.3, 0.4) is 0 Å². The summed E-state index contributed by atoms with van der Waals surface area (Å²) < 4.78 is 25.5. The fourth-order valence-corrected chi connectivity index (χ4v) is 3.59. The number of carbonyl (C=O) groups is 1. The van der Waals surface area contributed by atoms with Gasteiger partial charge in [0.25, 0.3) is 0 Å². The van der Waals surface area contributed by atoms with E-state index in [1.54, 1.807) is 24.5 Å². The lowest BCUT2D eigenvalue weighted by molar-refractivity contribution is -0.0626. The van der Waals surface area contributed by atoms with E-state index in [1.165, 1.54) is 6.07 Å². The molecule has 0 spiro atoms. The summed E-state index contributed by atoms with van der Waals surface area (Å²) in [5, 5.41) is 4.17. The van der Waals surface area contributed by atoms with E-state index in [1.807, 2.05) is 4.90 Å². The van der Waals surface area contributed by atoms with Gasteiger partial charge in [0.05, 0.1) is 25.4 Å². The Balaban J connectivity index is 1.30. The van der Waals surface area contributed by atoms with Crippen LogP contribution in [0.4, 0.5) is 15.1 Å². The Hall–Kier alpha value is -3.84. The van der Waals surface area contributed by atoms with E-state index in [9.17, 15) is 9.18 Å². The smallest absolute Gasteiger partial charge is 0.437 e. The minimum atomic E-state index is -1.000. The van der Waals surface area contributed by atoms with Crippen LogP contribution in [0.1, 0.15) is 5.56 Å². The van der Waals surface area contributed by atoms with Crippen LogP contribution in [-0.2, 0) is 20.9 Å². The maximum atomic E-state index is 14.9. The fraction of sp³-hybridized carbons (Fsp3) is 0.409. The van der Waals surface area contributed by atoms with Crippen molar-refractivity contribution in [3.05, 3.63) is 42.0 Å². The van der Waals surface area contributed by atoms with Crippen LogP contribution in [0.25, 0.3) is 11.1 Å². The van der Waals surface area contributed by atoms with Crippen molar-refractivity contribution >= 4 is 23.7 Å². The van der Waals surface area contributed by atoms with Gasteiger partial charge in [-0.05, 0) is 7.05 Å². The van der Waals surface area contributed by atoms with Crippen molar-refractivity contribution < 1.29 is 23.5 Å². The van der Waals surface area contributed by atoms with Crippen molar-refractivity contribution in [2.24, 2.45) is 21.6 Å². The number of likely N-dealkylation sites (N-methyl/N-ethyl adjacent to an activating group) is 1. The third kappa shape index (κ3) is 6.39. The molecule has 2 fully saturated rings. The van der Waals surface area contributed by atoms with Crippen molar-refractivity contribution in [2.75, 3.05) is 51.3 Å². The largest absolute Gasteiger partial charge is 0.443 e. The molecular weight excluding hydrogens is 459 g/mol. The van der Waals surface area contributed by atoms with E-state index in [4.69, 9.17) is 25.8 Å². The van der Waals surface area contributed by atoms with Crippen LogP contribution < -0.4 is 16.4 Å². The van der Waals surface area contributed by atoms with Crippen molar-refractivity contribution in [3.8, 4) is 11.1 Å². The van der Waals surface area contributed by atoms with Gasteiger partial charge in [0.15, 0.2) is 5.96 Å². The first-order valence-electron chi connectivity index (χ1n) is 11.0. The third-order valence-electron chi connectivity index (χ3n) is 5.42. The van der Waals surface area contributed by atoms with Crippen LogP contribution in [0.5, 0.6) is 0 Å². The molecule has 12 nitrogen and oxygen atoms in total. The zero-order valence-corrected chi connectivity index (χ0v) is 19.3. The van der Waals surface area contributed by atoms with E-state index < -0.39 is 17.9 Å². The van der Waals surface area contributed by atoms with Crippen LogP contribution in [0.15, 0.2) is 40.7 Å². The molecule has 2 saturated heterocycles. The van der Waals surface area contributed by atoms with Gasteiger partial charge in [0, 0.05) is 42.2 Å². The van der Waals surface area contributed by atoms with E-state index in [0.717, 1.165) is 18.8 Å². The van der Waals surface area contributed by atoms with Gasteiger partial charge in [0.2, 0.25) is 5.95 Å². The molecule has 2 aliphatic rings.